The Hall–Kier alpha value is -2.41. The van der Waals surface area contributed by atoms with Gasteiger partial charge >= 0.3 is 5.97 Å². The van der Waals surface area contributed by atoms with Crippen molar-refractivity contribution < 1.29 is 19.1 Å². The van der Waals surface area contributed by atoms with Crippen LogP contribution in [0.25, 0.3) is 0 Å². The van der Waals surface area contributed by atoms with Gasteiger partial charge in [-0.25, -0.2) is 0 Å². The lowest BCUT2D eigenvalue weighted by Crippen LogP contribution is -2.62. The van der Waals surface area contributed by atoms with Crippen molar-refractivity contribution in [3.8, 4) is 0 Å². The standard InChI is InChI=1S/C23H31N3O4/c1-3-24-14-6-8-17(16-24)30-21(28)11-7-15-25-22(29)18-9-4-5-10-19(18)26-20(27)12-13-23(25,26)2/h4-5,9-10,17H,3,6-8,11-16H2,1-2H3. The third-order valence-corrected chi connectivity index (χ3v) is 6.72. The fraction of sp³-hybridized carbons (Fsp3) is 0.609. The zero-order valence-electron chi connectivity index (χ0n) is 17.9. The molecule has 2 unspecified atom stereocenters. The van der Waals surface area contributed by atoms with Gasteiger partial charge in [-0.05, 0) is 57.8 Å². The summed E-state index contributed by atoms with van der Waals surface area (Å²) >= 11 is 0. The second kappa shape index (κ2) is 8.38. The monoisotopic (exact) mass is 413 g/mol. The number of benzene rings is 1. The quantitative estimate of drug-likeness (QED) is 0.671. The van der Waals surface area contributed by atoms with E-state index in [9.17, 15) is 14.4 Å². The summed E-state index contributed by atoms with van der Waals surface area (Å²) in [4.78, 5) is 44.0. The van der Waals surface area contributed by atoms with E-state index >= 15 is 0 Å². The number of piperidine rings is 1. The van der Waals surface area contributed by atoms with Gasteiger partial charge < -0.3 is 9.64 Å². The third-order valence-electron chi connectivity index (χ3n) is 6.72. The maximum atomic E-state index is 13.2. The minimum atomic E-state index is -0.669. The summed E-state index contributed by atoms with van der Waals surface area (Å²) in [5.41, 5.74) is 0.577. The van der Waals surface area contributed by atoms with Gasteiger partial charge in [0.05, 0.1) is 11.3 Å². The number of para-hydroxylation sites is 1. The van der Waals surface area contributed by atoms with E-state index in [4.69, 9.17) is 4.74 Å². The lowest BCUT2D eigenvalue weighted by Gasteiger charge is -2.48. The van der Waals surface area contributed by atoms with Gasteiger partial charge in [-0.15, -0.1) is 0 Å². The van der Waals surface area contributed by atoms with Crippen molar-refractivity contribution in [3.63, 3.8) is 0 Å². The molecule has 7 heteroatoms. The Bertz CT molecular complexity index is 841. The number of rotatable bonds is 6. The molecule has 0 spiro atoms. The van der Waals surface area contributed by atoms with E-state index in [0.717, 1.165) is 32.5 Å². The molecule has 30 heavy (non-hydrogen) atoms. The van der Waals surface area contributed by atoms with E-state index < -0.39 is 5.66 Å². The van der Waals surface area contributed by atoms with E-state index in [1.807, 2.05) is 25.1 Å². The third kappa shape index (κ3) is 3.71. The first-order chi connectivity index (χ1) is 14.4. The number of likely N-dealkylation sites (N-methyl/N-ethyl adjacent to an activating group) is 1. The van der Waals surface area contributed by atoms with Crippen LogP contribution in [0, 0.1) is 0 Å². The maximum Gasteiger partial charge on any atom is 0.306 e. The van der Waals surface area contributed by atoms with Crippen molar-refractivity contribution >= 4 is 23.5 Å². The summed E-state index contributed by atoms with van der Waals surface area (Å²) in [6, 6.07) is 7.29. The van der Waals surface area contributed by atoms with Gasteiger partial charge in [-0.1, -0.05) is 19.1 Å². The van der Waals surface area contributed by atoms with Crippen molar-refractivity contribution in [1.29, 1.82) is 0 Å². The van der Waals surface area contributed by atoms with Crippen LogP contribution >= 0.6 is 0 Å². The fourth-order valence-corrected chi connectivity index (χ4v) is 5.06. The molecule has 2 atom stereocenters. The number of likely N-dealkylation sites (tertiary alicyclic amines) is 1. The van der Waals surface area contributed by atoms with Gasteiger partial charge in [-0.2, -0.15) is 0 Å². The lowest BCUT2D eigenvalue weighted by atomic mass is 9.98. The van der Waals surface area contributed by atoms with Crippen LogP contribution in [0.15, 0.2) is 24.3 Å². The number of hydrogen-bond donors (Lipinski definition) is 0. The highest BCUT2D eigenvalue weighted by Gasteiger charge is 2.52. The van der Waals surface area contributed by atoms with Gasteiger partial charge in [-0.3, -0.25) is 24.2 Å². The summed E-state index contributed by atoms with van der Waals surface area (Å²) in [6.45, 7) is 7.34. The van der Waals surface area contributed by atoms with Crippen molar-refractivity contribution in [1.82, 2.24) is 9.80 Å². The molecular weight excluding hydrogens is 382 g/mol. The zero-order valence-corrected chi connectivity index (χ0v) is 17.9. The van der Waals surface area contributed by atoms with Crippen molar-refractivity contribution in [2.45, 2.75) is 64.1 Å². The number of carbonyl (C=O) groups is 3. The number of ether oxygens (including phenoxy) is 1. The lowest BCUT2D eigenvalue weighted by molar-refractivity contribution is -0.151. The summed E-state index contributed by atoms with van der Waals surface area (Å²) < 4.78 is 5.68. The van der Waals surface area contributed by atoms with Crippen LogP contribution in [0.3, 0.4) is 0 Å². The Labute approximate surface area is 177 Å². The summed E-state index contributed by atoms with van der Waals surface area (Å²) in [6.07, 6.45) is 3.76. The topological polar surface area (TPSA) is 70.2 Å². The summed E-state index contributed by atoms with van der Waals surface area (Å²) in [7, 11) is 0. The first-order valence-electron chi connectivity index (χ1n) is 11.1. The molecule has 3 heterocycles. The molecule has 4 rings (SSSR count). The molecule has 2 saturated heterocycles. The highest BCUT2D eigenvalue weighted by molar-refractivity contribution is 6.10. The molecule has 0 radical (unpaired) electrons. The predicted octanol–water partition coefficient (Wildman–Crippen LogP) is 2.79. The molecule has 2 amide bonds. The summed E-state index contributed by atoms with van der Waals surface area (Å²) in [5.74, 6) is -0.231. The van der Waals surface area contributed by atoms with Crippen molar-refractivity contribution in [3.05, 3.63) is 29.8 Å². The van der Waals surface area contributed by atoms with Gasteiger partial charge in [0.15, 0.2) is 0 Å². The molecule has 1 aromatic rings. The molecule has 0 N–H and O–H groups in total. The van der Waals surface area contributed by atoms with Gasteiger partial charge in [0.25, 0.3) is 5.91 Å². The molecule has 2 fully saturated rings. The Balaban J connectivity index is 1.39. The van der Waals surface area contributed by atoms with E-state index in [1.54, 1.807) is 15.9 Å². The molecule has 0 bridgehead atoms. The molecule has 162 valence electrons. The van der Waals surface area contributed by atoms with Crippen LogP contribution < -0.4 is 4.90 Å². The number of nitrogens with zero attached hydrogens (tertiary/aromatic N) is 3. The Morgan fingerprint density at radius 1 is 1.27 bits per heavy atom. The second-order valence-electron chi connectivity index (χ2n) is 8.67. The molecule has 0 saturated carbocycles. The second-order valence-corrected chi connectivity index (χ2v) is 8.67. The van der Waals surface area contributed by atoms with Crippen molar-refractivity contribution in [2.75, 3.05) is 31.1 Å². The van der Waals surface area contributed by atoms with Crippen LogP contribution in [0.1, 0.15) is 62.7 Å². The average molecular weight is 414 g/mol. The molecule has 0 aromatic heterocycles. The number of carbonyl (C=O) groups excluding carboxylic acids is 3. The smallest absolute Gasteiger partial charge is 0.306 e. The molecular formula is C23H31N3O4. The van der Waals surface area contributed by atoms with Crippen LogP contribution in [0.5, 0.6) is 0 Å². The molecule has 3 aliphatic rings. The van der Waals surface area contributed by atoms with Crippen LogP contribution in [-0.2, 0) is 14.3 Å². The summed E-state index contributed by atoms with van der Waals surface area (Å²) in [5, 5.41) is 0. The van der Waals surface area contributed by atoms with Gasteiger partial charge in [0.2, 0.25) is 5.91 Å². The first-order valence-corrected chi connectivity index (χ1v) is 11.1. The van der Waals surface area contributed by atoms with E-state index in [2.05, 4.69) is 11.8 Å². The average Bonchev–Trinajstić information content (AvgIpc) is 3.06. The number of anilines is 1. The maximum absolute atomic E-state index is 13.2. The highest BCUT2D eigenvalue weighted by atomic mass is 16.5. The van der Waals surface area contributed by atoms with E-state index in [-0.39, 0.29) is 30.3 Å². The molecule has 1 aromatic carbocycles. The van der Waals surface area contributed by atoms with Crippen molar-refractivity contribution in [2.24, 2.45) is 0 Å². The van der Waals surface area contributed by atoms with Gasteiger partial charge in [0, 0.05) is 25.9 Å². The van der Waals surface area contributed by atoms with E-state index in [0.29, 0.717) is 37.1 Å². The fourth-order valence-electron chi connectivity index (χ4n) is 5.06. The number of fused-ring (bicyclic) bond motifs is 3. The van der Waals surface area contributed by atoms with Crippen LogP contribution in [0.4, 0.5) is 5.69 Å². The predicted molar refractivity (Wildman–Crippen MR) is 113 cm³/mol. The largest absolute Gasteiger partial charge is 0.461 e. The number of hydrogen-bond acceptors (Lipinski definition) is 5. The van der Waals surface area contributed by atoms with E-state index in [1.165, 1.54) is 0 Å². The Morgan fingerprint density at radius 2 is 2.07 bits per heavy atom. The van der Waals surface area contributed by atoms with Crippen LogP contribution in [0.2, 0.25) is 0 Å². The highest BCUT2D eigenvalue weighted by Crippen LogP contribution is 2.44. The molecule has 7 nitrogen and oxygen atoms in total. The Morgan fingerprint density at radius 3 is 2.87 bits per heavy atom. The normalized spacial score (nSPS) is 26.5. The molecule has 3 aliphatic heterocycles. The molecule has 0 aliphatic carbocycles. The number of amides is 2. The van der Waals surface area contributed by atoms with Crippen LogP contribution in [-0.4, -0.2) is 65.5 Å². The Kier molecular flexibility index (Phi) is 5.82. The van der Waals surface area contributed by atoms with Gasteiger partial charge in [0.1, 0.15) is 11.8 Å². The zero-order chi connectivity index (χ0) is 21.3. The minimum Gasteiger partial charge on any atom is -0.461 e. The minimum absolute atomic E-state index is 0.0323. The SMILES string of the molecule is CCN1CCCC(OC(=O)CCCN2C(=O)c3ccccc3N3C(=O)CCC23C)C1. The first kappa shape index (κ1) is 20.8. The number of esters is 1.